The van der Waals surface area contributed by atoms with Crippen molar-refractivity contribution in [1.82, 2.24) is 10.3 Å². The van der Waals surface area contributed by atoms with E-state index in [-0.39, 0.29) is 0 Å². The van der Waals surface area contributed by atoms with E-state index in [2.05, 4.69) is 17.2 Å². The fraction of sp³-hybridized carbons (Fsp3) is 0.267. The smallest absolute Gasteiger partial charge is 0.175 e. The largest absolute Gasteiger partial charge is 0.313 e. The Labute approximate surface area is 129 Å². The zero-order valence-corrected chi connectivity index (χ0v) is 13.7. The summed E-state index contributed by atoms with van der Waals surface area (Å²) in [4.78, 5) is 5.70. The van der Waals surface area contributed by atoms with Crippen LogP contribution in [0.5, 0.6) is 0 Å². The molecule has 0 fully saturated rings. The van der Waals surface area contributed by atoms with Crippen LogP contribution in [0.3, 0.4) is 0 Å². The van der Waals surface area contributed by atoms with Gasteiger partial charge in [0.1, 0.15) is 5.03 Å². The molecule has 1 aromatic heterocycles. The van der Waals surface area contributed by atoms with Crippen molar-refractivity contribution in [1.29, 1.82) is 0 Å². The maximum absolute atomic E-state index is 11.4. The first-order valence-corrected chi connectivity index (χ1v) is 9.33. The van der Waals surface area contributed by atoms with Crippen LogP contribution in [0.1, 0.15) is 12.5 Å². The van der Waals surface area contributed by atoms with Gasteiger partial charge in [0.25, 0.3) is 0 Å². The van der Waals surface area contributed by atoms with Gasteiger partial charge in [-0.1, -0.05) is 24.8 Å². The summed E-state index contributed by atoms with van der Waals surface area (Å²) in [6.45, 7) is 3.82. The normalized spacial score (nSPS) is 11.5. The third-order valence-electron chi connectivity index (χ3n) is 2.85. The quantitative estimate of drug-likeness (QED) is 0.886. The first-order valence-electron chi connectivity index (χ1n) is 6.62. The predicted molar refractivity (Wildman–Crippen MR) is 85.3 cm³/mol. The van der Waals surface area contributed by atoms with Crippen molar-refractivity contribution in [2.75, 3.05) is 12.8 Å². The summed E-state index contributed by atoms with van der Waals surface area (Å²) in [5.41, 5.74) is 1.15. The molecule has 0 amide bonds. The van der Waals surface area contributed by atoms with Gasteiger partial charge in [-0.3, -0.25) is 0 Å². The molecule has 0 aliphatic rings. The van der Waals surface area contributed by atoms with Crippen LogP contribution < -0.4 is 5.32 Å². The Bertz CT molecular complexity index is 681. The average Bonchev–Trinajstić information content (AvgIpc) is 2.46. The minimum absolute atomic E-state index is 0.334. The highest BCUT2D eigenvalue weighted by atomic mass is 32.2. The number of rotatable bonds is 6. The molecule has 2 aromatic rings. The van der Waals surface area contributed by atoms with E-state index in [1.165, 1.54) is 18.0 Å². The molecule has 21 heavy (non-hydrogen) atoms. The Balaban J connectivity index is 2.04. The Kier molecular flexibility index (Phi) is 5.39. The Morgan fingerprint density at radius 2 is 1.86 bits per heavy atom. The molecule has 112 valence electrons. The highest BCUT2D eigenvalue weighted by Gasteiger charge is 2.07. The monoisotopic (exact) mass is 322 g/mol. The number of sulfone groups is 1. The van der Waals surface area contributed by atoms with Crippen LogP contribution in [0, 0.1) is 0 Å². The van der Waals surface area contributed by atoms with Crippen LogP contribution >= 0.6 is 11.8 Å². The molecule has 0 aliphatic carbocycles. The van der Waals surface area contributed by atoms with E-state index in [9.17, 15) is 8.42 Å². The summed E-state index contributed by atoms with van der Waals surface area (Å²) in [6.07, 6.45) is 3.07. The van der Waals surface area contributed by atoms with E-state index in [0.29, 0.717) is 4.90 Å². The average molecular weight is 322 g/mol. The van der Waals surface area contributed by atoms with Crippen molar-refractivity contribution in [2.24, 2.45) is 0 Å². The number of nitrogens with zero attached hydrogens (tertiary/aromatic N) is 1. The zero-order valence-electron chi connectivity index (χ0n) is 12.0. The summed E-state index contributed by atoms with van der Waals surface area (Å²) in [7, 11) is -3.14. The lowest BCUT2D eigenvalue weighted by atomic mass is 10.3. The molecule has 0 unspecified atom stereocenters. The van der Waals surface area contributed by atoms with Crippen LogP contribution in [0.4, 0.5) is 0 Å². The molecule has 0 saturated carbocycles. The molecule has 1 aromatic carbocycles. The second-order valence-corrected chi connectivity index (χ2v) is 7.74. The minimum Gasteiger partial charge on any atom is -0.313 e. The molecule has 6 heteroatoms. The molecular weight excluding hydrogens is 304 g/mol. The molecule has 0 radical (unpaired) electrons. The Morgan fingerprint density at radius 3 is 2.38 bits per heavy atom. The van der Waals surface area contributed by atoms with Crippen molar-refractivity contribution < 1.29 is 8.42 Å². The second-order valence-electron chi connectivity index (χ2n) is 4.63. The topological polar surface area (TPSA) is 59.1 Å². The van der Waals surface area contributed by atoms with Crippen LogP contribution in [-0.4, -0.2) is 26.2 Å². The predicted octanol–water partition coefficient (Wildman–Crippen LogP) is 2.75. The molecule has 1 heterocycles. The number of pyridine rings is 1. The van der Waals surface area contributed by atoms with Gasteiger partial charge in [0.15, 0.2) is 9.84 Å². The van der Waals surface area contributed by atoms with E-state index in [0.717, 1.165) is 28.6 Å². The van der Waals surface area contributed by atoms with Gasteiger partial charge in [0.05, 0.1) is 4.90 Å². The van der Waals surface area contributed by atoms with Crippen molar-refractivity contribution in [2.45, 2.75) is 28.3 Å². The highest BCUT2D eigenvalue weighted by molar-refractivity contribution is 7.99. The van der Waals surface area contributed by atoms with Crippen LogP contribution in [-0.2, 0) is 16.4 Å². The number of hydrogen-bond donors (Lipinski definition) is 1. The summed E-state index contributed by atoms with van der Waals surface area (Å²) < 4.78 is 22.8. The Hall–Kier alpha value is -1.37. The standard InChI is InChI=1S/C15H18N2O2S2/c1-3-16-10-12-4-9-15(17-11-12)20-13-5-7-14(8-6-13)21(2,18)19/h4-9,11,16H,3,10H2,1-2H3. The number of nitrogens with one attached hydrogen (secondary N) is 1. The van der Waals surface area contributed by atoms with Crippen LogP contribution in [0.25, 0.3) is 0 Å². The van der Waals surface area contributed by atoms with E-state index in [4.69, 9.17) is 0 Å². The van der Waals surface area contributed by atoms with Gasteiger partial charge < -0.3 is 5.32 Å². The molecule has 0 atom stereocenters. The molecular formula is C15H18N2O2S2. The van der Waals surface area contributed by atoms with Crippen LogP contribution in [0.2, 0.25) is 0 Å². The summed E-state index contributed by atoms with van der Waals surface area (Å²) >= 11 is 1.51. The lowest BCUT2D eigenvalue weighted by Crippen LogP contribution is -2.11. The first-order chi connectivity index (χ1) is 9.99. The second kappa shape index (κ2) is 7.06. The first kappa shape index (κ1) is 16.0. The van der Waals surface area contributed by atoms with E-state index in [1.54, 1.807) is 24.3 Å². The molecule has 0 saturated heterocycles. The van der Waals surface area contributed by atoms with Gasteiger partial charge in [0, 0.05) is 23.9 Å². The maximum Gasteiger partial charge on any atom is 0.175 e. The minimum atomic E-state index is -3.14. The van der Waals surface area contributed by atoms with Crippen molar-refractivity contribution in [3.63, 3.8) is 0 Å². The van der Waals surface area contributed by atoms with Gasteiger partial charge in [-0.05, 0) is 42.4 Å². The van der Waals surface area contributed by atoms with Gasteiger partial charge in [-0.2, -0.15) is 0 Å². The number of aromatic nitrogens is 1. The molecule has 2 rings (SSSR count). The fourth-order valence-corrected chi connectivity index (χ4v) is 3.11. The number of hydrogen-bond acceptors (Lipinski definition) is 5. The van der Waals surface area contributed by atoms with Crippen molar-refractivity contribution >= 4 is 21.6 Å². The van der Waals surface area contributed by atoms with Crippen molar-refractivity contribution in [3.8, 4) is 0 Å². The summed E-state index contributed by atoms with van der Waals surface area (Å²) in [6, 6.07) is 10.9. The van der Waals surface area contributed by atoms with Gasteiger partial charge in [-0.15, -0.1) is 0 Å². The lowest BCUT2D eigenvalue weighted by Gasteiger charge is -2.05. The van der Waals surface area contributed by atoms with Gasteiger partial charge >= 0.3 is 0 Å². The van der Waals surface area contributed by atoms with Gasteiger partial charge in [0.2, 0.25) is 0 Å². The third kappa shape index (κ3) is 4.84. The van der Waals surface area contributed by atoms with Crippen LogP contribution in [0.15, 0.2) is 57.4 Å². The lowest BCUT2D eigenvalue weighted by molar-refractivity contribution is 0.602. The maximum atomic E-state index is 11.4. The van der Waals surface area contributed by atoms with Crippen molar-refractivity contribution in [3.05, 3.63) is 48.2 Å². The van der Waals surface area contributed by atoms with E-state index in [1.807, 2.05) is 18.3 Å². The SMILES string of the molecule is CCNCc1ccc(Sc2ccc(S(C)(=O)=O)cc2)nc1. The molecule has 1 N–H and O–H groups in total. The Morgan fingerprint density at radius 1 is 1.14 bits per heavy atom. The zero-order chi connectivity index (χ0) is 15.3. The summed E-state index contributed by atoms with van der Waals surface area (Å²) in [5, 5.41) is 4.14. The third-order valence-corrected chi connectivity index (χ3v) is 4.94. The highest BCUT2D eigenvalue weighted by Crippen LogP contribution is 2.26. The van der Waals surface area contributed by atoms with E-state index >= 15 is 0 Å². The molecule has 0 spiro atoms. The van der Waals surface area contributed by atoms with Gasteiger partial charge in [-0.25, -0.2) is 13.4 Å². The molecule has 0 aliphatic heterocycles. The number of benzene rings is 1. The molecule has 4 nitrogen and oxygen atoms in total. The summed E-state index contributed by atoms with van der Waals surface area (Å²) in [5.74, 6) is 0. The fourth-order valence-electron chi connectivity index (χ4n) is 1.72. The van der Waals surface area contributed by atoms with E-state index < -0.39 is 9.84 Å². The molecule has 0 bridgehead atoms.